The molecule has 1 aromatic heterocycles. The third-order valence-electron chi connectivity index (χ3n) is 2.94. The molecule has 1 aromatic rings. The lowest BCUT2D eigenvalue weighted by Gasteiger charge is -2.25. The van der Waals surface area contributed by atoms with Gasteiger partial charge in [-0.25, -0.2) is 0 Å². The highest BCUT2D eigenvalue weighted by molar-refractivity contribution is 5.11. The second kappa shape index (κ2) is 6.74. The summed E-state index contributed by atoms with van der Waals surface area (Å²) in [7, 11) is 3.77. The monoisotopic (exact) mass is 240 g/mol. The topological polar surface area (TPSA) is 56.3 Å². The van der Waals surface area contributed by atoms with Crippen molar-refractivity contribution in [2.75, 3.05) is 33.9 Å². The average Bonchev–Trinajstić information content (AvgIpc) is 2.77. The molecule has 0 aromatic carbocycles. The fraction of sp³-hybridized carbons (Fsp3) is 0.750. The number of likely N-dealkylation sites (N-methyl/N-ethyl adjacent to an activating group) is 1. The molecule has 0 radical (unpaired) electrons. The predicted molar refractivity (Wildman–Crippen MR) is 68.9 cm³/mol. The van der Waals surface area contributed by atoms with Crippen molar-refractivity contribution in [3.05, 3.63) is 18.0 Å². The fourth-order valence-electron chi connectivity index (χ4n) is 1.77. The van der Waals surface area contributed by atoms with Gasteiger partial charge in [-0.3, -0.25) is 9.58 Å². The summed E-state index contributed by atoms with van der Waals surface area (Å²) in [6, 6.07) is 0.587. The molecule has 0 amide bonds. The van der Waals surface area contributed by atoms with Crippen LogP contribution in [0, 0.1) is 0 Å². The van der Waals surface area contributed by atoms with Crippen molar-refractivity contribution in [1.29, 1.82) is 0 Å². The first-order chi connectivity index (χ1) is 8.10. The van der Waals surface area contributed by atoms with E-state index in [0.717, 1.165) is 6.54 Å². The van der Waals surface area contributed by atoms with E-state index >= 15 is 0 Å². The lowest BCUT2D eigenvalue weighted by Crippen LogP contribution is -2.32. The highest BCUT2D eigenvalue weighted by atomic mass is 16.5. The average molecular weight is 240 g/mol. The van der Waals surface area contributed by atoms with Gasteiger partial charge in [0.05, 0.1) is 12.8 Å². The maximum atomic E-state index is 5.84. The lowest BCUT2D eigenvalue weighted by atomic mass is 10.1. The van der Waals surface area contributed by atoms with Gasteiger partial charge in [0.1, 0.15) is 0 Å². The molecule has 5 nitrogen and oxygen atoms in total. The number of methoxy groups -OCH3 is 1. The Morgan fingerprint density at radius 3 is 2.71 bits per heavy atom. The minimum Gasteiger partial charge on any atom is -0.383 e. The molecule has 1 rings (SSSR count). The summed E-state index contributed by atoms with van der Waals surface area (Å²) in [5.74, 6) is 0. The quantitative estimate of drug-likeness (QED) is 0.774. The maximum absolute atomic E-state index is 5.84. The first-order valence-corrected chi connectivity index (χ1v) is 6.03. The van der Waals surface area contributed by atoms with Crippen LogP contribution in [-0.2, 0) is 4.74 Å². The molecule has 0 saturated heterocycles. The number of rotatable bonds is 7. The molecule has 0 fully saturated rings. The Kier molecular flexibility index (Phi) is 5.61. The van der Waals surface area contributed by atoms with E-state index < -0.39 is 0 Å². The molecule has 2 N–H and O–H groups in total. The smallest absolute Gasteiger partial charge is 0.0589 e. The predicted octanol–water partition coefficient (Wildman–Crippen LogP) is 1.04. The highest BCUT2D eigenvalue weighted by Gasteiger charge is 2.17. The summed E-state index contributed by atoms with van der Waals surface area (Å²) < 4.78 is 7.04. The summed E-state index contributed by atoms with van der Waals surface area (Å²) in [5, 5.41) is 4.35. The Hall–Kier alpha value is -0.910. The van der Waals surface area contributed by atoms with Crippen LogP contribution in [0.5, 0.6) is 0 Å². The van der Waals surface area contributed by atoms with Gasteiger partial charge in [-0.2, -0.15) is 5.10 Å². The molecule has 1 atom stereocenters. The Morgan fingerprint density at radius 2 is 2.24 bits per heavy atom. The first kappa shape index (κ1) is 14.2. The third kappa shape index (κ3) is 3.80. The summed E-state index contributed by atoms with van der Waals surface area (Å²) in [4.78, 5) is 2.20. The minimum absolute atomic E-state index is 0.206. The molecule has 1 heterocycles. The van der Waals surface area contributed by atoms with Crippen LogP contribution in [0.1, 0.15) is 31.5 Å². The van der Waals surface area contributed by atoms with E-state index in [9.17, 15) is 0 Å². The molecule has 5 heteroatoms. The molecule has 0 aliphatic carbocycles. The van der Waals surface area contributed by atoms with Crippen LogP contribution in [0.15, 0.2) is 12.4 Å². The molecule has 1 unspecified atom stereocenters. The van der Waals surface area contributed by atoms with Crippen molar-refractivity contribution < 1.29 is 4.74 Å². The van der Waals surface area contributed by atoms with Crippen molar-refractivity contribution in [3.8, 4) is 0 Å². The number of ether oxygens (including phenoxy) is 1. The van der Waals surface area contributed by atoms with Gasteiger partial charge in [0.2, 0.25) is 0 Å². The molecule has 17 heavy (non-hydrogen) atoms. The van der Waals surface area contributed by atoms with Crippen molar-refractivity contribution in [2.24, 2.45) is 5.73 Å². The largest absolute Gasteiger partial charge is 0.383 e. The number of hydrogen-bond donors (Lipinski definition) is 1. The van der Waals surface area contributed by atoms with Crippen molar-refractivity contribution >= 4 is 0 Å². The zero-order chi connectivity index (χ0) is 12.8. The molecule has 0 aliphatic heterocycles. The molecule has 0 aliphatic rings. The van der Waals surface area contributed by atoms with Gasteiger partial charge in [-0.1, -0.05) is 0 Å². The van der Waals surface area contributed by atoms with Crippen molar-refractivity contribution in [2.45, 2.75) is 25.9 Å². The summed E-state index contributed by atoms with van der Waals surface area (Å²) in [6.07, 6.45) is 3.98. The molecular formula is C12H24N4O. The summed E-state index contributed by atoms with van der Waals surface area (Å²) in [5.41, 5.74) is 7.01. The SMILES string of the molecule is COCCN(C)C(CN)c1cnn(C(C)C)c1. The highest BCUT2D eigenvalue weighted by Crippen LogP contribution is 2.18. The van der Waals surface area contributed by atoms with Crippen LogP contribution in [0.2, 0.25) is 0 Å². The minimum atomic E-state index is 0.206. The normalized spacial score (nSPS) is 13.6. The van der Waals surface area contributed by atoms with E-state index in [1.54, 1.807) is 7.11 Å². The molecular weight excluding hydrogens is 216 g/mol. The van der Waals surface area contributed by atoms with Gasteiger partial charge in [0, 0.05) is 44.0 Å². The van der Waals surface area contributed by atoms with Gasteiger partial charge in [0.25, 0.3) is 0 Å². The Labute approximate surface area is 104 Å². The number of hydrogen-bond acceptors (Lipinski definition) is 4. The van der Waals surface area contributed by atoms with Gasteiger partial charge in [-0.05, 0) is 20.9 Å². The van der Waals surface area contributed by atoms with Gasteiger partial charge in [0.15, 0.2) is 0 Å². The molecule has 0 bridgehead atoms. The lowest BCUT2D eigenvalue weighted by molar-refractivity contribution is 0.140. The van der Waals surface area contributed by atoms with E-state index in [4.69, 9.17) is 10.5 Å². The van der Waals surface area contributed by atoms with E-state index in [1.807, 2.05) is 10.9 Å². The number of nitrogens with two attached hydrogens (primary N) is 1. The Bertz CT molecular complexity index is 324. The summed E-state index contributed by atoms with van der Waals surface area (Å²) in [6.45, 7) is 6.40. The van der Waals surface area contributed by atoms with E-state index in [2.05, 4.69) is 37.1 Å². The van der Waals surface area contributed by atoms with Crippen LogP contribution in [-0.4, -0.2) is 48.5 Å². The van der Waals surface area contributed by atoms with Crippen molar-refractivity contribution in [1.82, 2.24) is 14.7 Å². The Morgan fingerprint density at radius 1 is 1.53 bits per heavy atom. The van der Waals surface area contributed by atoms with Gasteiger partial charge in [-0.15, -0.1) is 0 Å². The van der Waals surface area contributed by atoms with E-state index in [-0.39, 0.29) is 6.04 Å². The van der Waals surface area contributed by atoms with Crippen LogP contribution < -0.4 is 5.73 Å². The number of nitrogens with zero attached hydrogens (tertiary/aromatic N) is 3. The Balaban J connectivity index is 2.71. The van der Waals surface area contributed by atoms with E-state index in [1.165, 1.54) is 5.56 Å². The fourth-order valence-corrected chi connectivity index (χ4v) is 1.77. The standard InChI is InChI=1S/C12H24N4O/c1-10(2)16-9-11(8-14-16)12(7-13)15(3)5-6-17-4/h8-10,12H,5-7,13H2,1-4H3. The zero-order valence-electron chi connectivity index (χ0n) is 11.3. The number of aromatic nitrogens is 2. The van der Waals surface area contributed by atoms with Crippen molar-refractivity contribution in [3.63, 3.8) is 0 Å². The first-order valence-electron chi connectivity index (χ1n) is 6.03. The molecule has 0 spiro atoms. The van der Waals surface area contributed by atoms with Crippen LogP contribution >= 0.6 is 0 Å². The van der Waals surface area contributed by atoms with Gasteiger partial charge >= 0.3 is 0 Å². The molecule has 98 valence electrons. The van der Waals surface area contributed by atoms with Gasteiger partial charge < -0.3 is 10.5 Å². The zero-order valence-corrected chi connectivity index (χ0v) is 11.3. The van der Waals surface area contributed by atoms with E-state index in [0.29, 0.717) is 19.2 Å². The van der Waals surface area contributed by atoms with Crippen LogP contribution in [0.4, 0.5) is 0 Å². The second-order valence-electron chi connectivity index (χ2n) is 4.57. The summed E-state index contributed by atoms with van der Waals surface area (Å²) >= 11 is 0. The third-order valence-corrected chi connectivity index (χ3v) is 2.94. The van der Waals surface area contributed by atoms with Crippen LogP contribution in [0.3, 0.4) is 0 Å². The maximum Gasteiger partial charge on any atom is 0.0589 e. The van der Waals surface area contributed by atoms with Crippen LogP contribution in [0.25, 0.3) is 0 Å². The second-order valence-corrected chi connectivity index (χ2v) is 4.57. The molecule has 0 saturated carbocycles.